The quantitative estimate of drug-likeness (QED) is 0.605. The summed E-state index contributed by atoms with van der Waals surface area (Å²) in [4.78, 5) is 25.3. The second-order valence-electron chi connectivity index (χ2n) is 4.95. The maximum absolute atomic E-state index is 12.5. The number of benzene rings is 1. The van der Waals surface area contributed by atoms with Gasteiger partial charge in [-0.1, -0.05) is 0 Å². The molecule has 0 unspecified atom stereocenters. The van der Waals surface area contributed by atoms with Crippen molar-refractivity contribution in [2.45, 2.75) is 13.3 Å². The third-order valence-electron chi connectivity index (χ3n) is 3.33. The second-order valence-corrected chi connectivity index (χ2v) is 7.23. The molecule has 124 valence electrons. The molecule has 0 spiro atoms. The van der Waals surface area contributed by atoms with E-state index in [1.165, 1.54) is 12.0 Å². The Hall–Kier alpha value is -1.98. The van der Waals surface area contributed by atoms with Gasteiger partial charge >= 0.3 is 140 Å². The molecule has 1 heterocycles. The van der Waals surface area contributed by atoms with E-state index >= 15 is 0 Å². The number of phenolic OH excluding ortho intramolecular Hbond substituents is 1. The Labute approximate surface area is 140 Å². The van der Waals surface area contributed by atoms with E-state index in [0.29, 0.717) is 23.3 Å². The van der Waals surface area contributed by atoms with Gasteiger partial charge in [0.05, 0.1) is 0 Å². The minimum absolute atomic E-state index is 0.0580. The zero-order chi connectivity index (χ0) is 17.0. The van der Waals surface area contributed by atoms with Crippen molar-refractivity contribution in [3.63, 3.8) is 0 Å². The van der Waals surface area contributed by atoms with Gasteiger partial charge in [0.25, 0.3) is 0 Å². The molecule has 0 radical (unpaired) electrons. The third kappa shape index (κ3) is 4.06. The number of methoxy groups -OCH3 is 1. The summed E-state index contributed by atoms with van der Waals surface area (Å²) < 4.78 is 11.6. The first-order valence-corrected chi connectivity index (χ1v) is 8.89. The Balaban J connectivity index is 2.12. The van der Waals surface area contributed by atoms with Gasteiger partial charge in [0.1, 0.15) is 0 Å². The van der Waals surface area contributed by atoms with Gasteiger partial charge in [-0.05, 0) is 0 Å². The van der Waals surface area contributed by atoms with Gasteiger partial charge in [-0.3, -0.25) is 0 Å². The first kappa shape index (κ1) is 17.4. The van der Waals surface area contributed by atoms with Crippen LogP contribution in [0.4, 0.5) is 0 Å². The Kier molecular flexibility index (Phi) is 5.69. The third-order valence-corrected chi connectivity index (χ3v) is 5.61. The molecule has 0 atom stereocenters. The number of nitrogens with zero attached hydrogens (tertiary/aromatic N) is 1. The van der Waals surface area contributed by atoms with Crippen LogP contribution in [0, 0.1) is 0 Å². The van der Waals surface area contributed by atoms with Crippen LogP contribution in [-0.2, 0) is 9.53 Å². The number of hydrogen-bond donors (Lipinski definition) is 1. The zero-order valence-corrected chi connectivity index (χ0v) is 15.0. The Morgan fingerprint density at radius 2 is 2.04 bits per heavy atom. The molecule has 1 aromatic carbocycles. The molecule has 2 rings (SSSR count). The number of esters is 1. The summed E-state index contributed by atoms with van der Waals surface area (Å²) in [5, 5.41) is 10.6. The molecule has 23 heavy (non-hydrogen) atoms. The molecule has 0 aliphatic rings. The summed E-state index contributed by atoms with van der Waals surface area (Å²) >= 11 is -0.147. The Bertz CT molecular complexity index is 725. The molecular weight excluding hydrogens is 365 g/mol. The summed E-state index contributed by atoms with van der Waals surface area (Å²) in [6, 6.07) is 5.16. The average Bonchev–Trinajstić information content (AvgIpc) is 2.93. The number of hydrogen-bond acceptors (Lipinski definition) is 5. The van der Waals surface area contributed by atoms with Crippen LogP contribution in [0.15, 0.2) is 18.2 Å². The van der Waals surface area contributed by atoms with Crippen LogP contribution in [0.3, 0.4) is 0 Å². The molecule has 2 aromatic rings. The molecule has 1 aromatic heterocycles. The van der Waals surface area contributed by atoms with Gasteiger partial charge in [0.15, 0.2) is 0 Å². The van der Waals surface area contributed by atoms with E-state index in [2.05, 4.69) is 0 Å². The number of phenols is 1. The predicted octanol–water partition coefficient (Wildman–Crippen LogP) is 1.64. The Morgan fingerprint density at radius 3 is 2.70 bits per heavy atom. The molecule has 0 bridgehead atoms. The molecule has 0 aliphatic heterocycles. The van der Waals surface area contributed by atoms with E-state index in [1.54, 1.807) is 32.2 Å². The molecule has 6 nitrogen and oxygen atoms in total. The summed E-state index contributed by atoms with van der Waals surface area (Å²) in [5.41, 5.74) is 0. The SMILES string of the molecule is CCOC(=O)CCN(C)C(=O)c1cc2cc(O)c(OC)cc2[se]1. The van der Waals surface area contributed by atoms with Crippen molar-refractivity contribution in [1.82, 2.24) is 4.90 Å². The van der Waals surface area contributed by atoms with Crippen molar-refractivity contribution < 1.29 is 24.2 Å². The van der Waals surface area contributed by atoms with E-state index in [-0.39, 0.29) is 38.6 Å². The standard InChI is InChI=1S/C16H19NO5Se/c1-4-22-15(19)5-6-17(2)16(20)14-8-10-7-11(18)12(21-3)9-13(10)23-14/h7-9,18H,4-6H2,1-3H3. The van der Waals surface area contributed by atoms with E-state index in [1.807, 2.05) is 0 Å². The molecule has 0 saturated heterocycles. The van der Waals surface area contributed by atoms with Crippen LogP contribution in [0.2, 0.25) is 0 Å². The van der Waals surface area contributed by atoms with Gasteiger partial charge in [-0.2, -0.15) is 0 Å². The van der Waals surface area contributed by atoms with Gasteiger partial charge < -0.3 is 0 Å². The predicted molar refractivity (Wildman–Crippen MR) is 87.3 cm³/mol. The van der Waals surface area contributed by atoms with Crippen molar-refractivity contribution in [2.24, 2.45) is 0 Å². The van der Waals surface area contributed by atoms with E-state index in [0.717, 1.165) is 9.65 Å². The van der Waals surface area contributed by atoms with Crippen molar-refractivity contribution in [2.75, 3.05) is 27.3 Å². The number of carbonyl (C=O) groups excluding carboxylic acids is 2. The average molecular weight is 384 g/mol. The van der Waals surface area contributed by atoms with Crippen molar-refractivity contribution in [1.29, 1.82) is 0 Å². The molecule has 0 saturated carbocycles. The zero-order valence-electron chi connectivity index (χ0n) is 13.3. The fourth-order valence-electron chi connectivity index (χ4n) is 2.11. The van der Waals surface area contributed by atoms with Gasteiger partial charge in [-0.25, -0.2) is 0 Å². The van der Waals surface area contributed by atoms with Crippen molar-refractivity contribution >= 4 is 36.0 Å². The summed E-state index contributed by atoms with van der Waals surface area (Å²) in [7, 11) is 3.16. The normalized spacial score (nSPS) is 10.6. The number of rotatable bonds is 6. The summed E-state index contributed by atoms with van der Waals surface area (Å²) in [5.74, 6) is 0.0472. The fraction of sp³-hybridized carbons (Fsp3) is 0.375. The Morgan fingerprint density at radius 1 is 1.30 bits per heavy atom. The fourth-order valence-corrected chi connectivity index (χ4v) is 4.35. The minimum atomic E-state index is -0.309. The number of carbonyl (C=O) groups is 2. The van der Waals surface area contributed by atoms with E-state index < -0.39 is 0 Å². The number of ether oxygens (including phenoxy) is 2. The molecular formula is C16H19NO5Se. The van der Waals surface area contributed by atoms with Crippen LogP contribution in [0.1, 0.15) is 22.6 Å². The first-order chi connectivity index (χ1) is 11.0. The van der Waals surface area contributed by atoms with Gasteiger partial charge in [0, 0.05) is 0 Å². The second kappa shape index (κ2) is 7.53. The monoisotopic (exact) mass is 385 g/mol. The topological polar surface area (TPSA) is 76.1 Å². The van der Waals surface area contributed by atoms with Gasteiger partial charge in [-0.15, -0.1) is 0 Å². The van der Waals surface area contributed by atoms with Crippen LogP contribution >= 0.6 is 0 Å². The molecule has 0 aliphatic carbocycles. The first-order valence-electron chi connectivity index (χ1n) is 7.18. The van der Waals surface area contributed by atoms with Crippen LogP contribution in [0.5, 0.6) is 11.5 Å². The van der Waals surface area contributed by atoms with Crippen molar-refractivity contribution in [3.8, 4) is 11.5 Å². The van der Waals surface area contributed by atoms with Crippen LogP contribution in [0.25, 0.3) is 9.65 Å². The van der Waals surface area contributed by atoms with Crippen LogP contribution < -0.4 is 4.74 Å². The molecule has 1 N–H and O–H groups in total. The number of amides is 1. The molecule has 1 amide bonds. The van der Waals surface area contributed by atoms with Crippen LogP contribution in [-0.4, -0.2) is 63.7 Å². The maximum atomic E-state index is 12.5. The molecule has 7 heteroatoms. The number of aromatic hydroxyl groups is 1. The number of fused-ring (bicyclic) bond motifs is 1. The van der Waals surface area contributed by atoms with Gasteiger partial charge in [0.2, 0.25) is 0 Å². The molecule has 0 fully saturated rings. The van der Waals surface area contributed by atoms with Crippen molar-refractivity contribution in [3.05, 3.63) is 22.6 Å². The summed E-state index contributed by atoms with van der Waals surface area (Å²) in [6.45, 7) is 2.40. The van der Waals surface area contributed by atoms with E-state index in [4.69, 9.17) is 9.47 Å². The van der Waals surface area contributed by atoms with E-state index in [9.17, 15) is 14.7 Å². The summed E-state index contributed by atoms with van der Waals surface area (Å²) in [6.07, 6.45) is 0.178.